The Labute approximate surface area is 109 Å². The van der Waals surface area contributed by atoms with Crippen LogP contribution in [-0.4, -0.2) is 38.7 Å². The number of hydrogen-bond donors (Lipinski definition) is 1. The van der Waals surface area contributed by atoms with Crippen LogP contribution in [0.2, 0.25) is 0 Å². The molecule has 18 heavy (non-hydrogen) atoms. The molecule has 0 heterocycles. The number of ether oxygens (including phenoxy) is 2. The van der Waals surface area contributed by atoms with Crippen LogP contribution < -0.4 is 5.32 Å². The molecule has 106 valence electrons. The Kier molecular flexibility index (Phi) is 9.28. The fourth-order valence-corrected chi connectivity index (χ4v) is 1.73. The standard InChI is InChI=1S/C13H25NO4/c1-10(2)7-12(9-14-11(3)15)8-13(16)18-6-5-17-4/h10,12H,5-9H2,1-4H3,(H,14,15)/t12-/m0/s1. The third kappa shape index (κ3) is 10.1. The predicted octanol–water partition coefficient (Wildman–Crippen LogP) is 1.36. The number of amides is 1. The molecule has 0 spiro atoms. The van der Waals surface area contributed by atoms with Gasteiger partial charge in [-0.25, -0.2) is 0 Å². The van der Waals surface area contributed by atoms with Gasteiger partial charge in [-0.15, -0.1) is 0 Å². The molecule has 0 aliphatic rings. The van der Waals surface area contributed by atoms with Gasteiger partial charge in [0.1, 0.15) is 6.61 Å². The van der Waals surface area contributed by atoms with Crippen LogP contribution in [-0.2, 0) is 19.1 Å². The lowest BCUT2D eigenvalue weighted by Gasteiger charge is -2.18. The number of rotatable bonds is 9. The highest BCUT2D eigenvalue weighted by molar-refractivity contribution is 5.73. The van der Waals surface area contributed by atoms with Gasteiger partial charge in [0, 0.05) is 20.6 Å². The molecule has 1 N–H and O–H groups in total. The van der Waals surface area contributed by atoms with Crippen LogP contribution in [0.25, 0.3) is 0 Å². The largest absolute Gasteiger partial charge is 0.463 e. The van der Waals surface area contributed by atoms with E-state index in [-0.39, 0.29) is 24.4 Å². The third-order valence-electron chi connectivity index (χ3n) is 2.45. The molecule has 0 aromatic carbocycles. The van der Waals surface area contributed by atoms with Crippen LogP contribution in [0.3, 0.4) is 0 Å². The van der Waals surface area contributed by atoms with Crippen molar-refractivity contribution in [3.63, 3.8) is 0 Å². The number of carbonyl (C=O) groups is 2. The van der Waals surface area contributed by atoms with Gasteiger partial charge in [0.2, 0.25) is 5.91 Å². The van der Waals surface area contributed by atoms with Gasteiger partial charge in [-0.2, -0.15) is 0 Å². The smallest absolute Gasteiger partial charge is 0.306 e. The van der Waals surface area contributed by atoms with E-state index in [9.17, 15) is 9.59 Å². The molecule has 0 saturated heterocycles. The minimum absolute atomic E-state index is 0.0727. The summed E-state index contributed by atoms with van der Waals surface area (Å²) in [7, 11) is 1.56. The summed E-state index contributed by atoms with van der Waals surface area (Å²) in [6.07, 6.45) is 1.22. The Balaban J connectivity index is 4.04. The Bertz CT molecular complexity index is 253. The normalized spacial score (nSPS) is 12.3. The molecule has 0 aromatic heterocycles. The molecule has 0 saturated carbocycles. The Hall–Kier alpha value is -1.10. The number of nitrogens with one attached hydrogen (secondary N) is 1. The lowest BCUT2D eigenvalue weighted by Crippen LogP contribution is -2.29. The maximum Gasteiger partial charge on any atom is 0.306 e. The Morgan fingerprint density at radius 2 is 1.89 bits per heavy atom. The fourth-order valence-electron chi connectivity index (χ4n) is 1.73. The van der Waals surface area contributed by atoms with Crippen molar-refractivity contribution in [1.82, 2.24) is 5.32 Å². The van der Waals surface area contributed by atoms with E-state index in [0.717, 1.165) is 6.42 Å². The molecular weight excluding hydrogens is 234 g/mol. The number of methoxy groups -OCH3 is 1. The van der Waals surface area contributed by atoms with Gasteiger partial charge >= 0.3 is 5.97 Å². The van der Waals surface area contributed by atoms with Gasteiger partial charge in [0.15, 0.2) is 0 Å². The molecule has 0 fully saturated rings. The summed E-state index contributed by atoms with van der Waals surface area (Å²) in [5.41, 5.74) is 0. The van der Waals surface area contributed by atoms with Gasteiger partial charge < -0.3 is 14.8 Å². The van der Waals surface area contributed by atoms with Crippen molar-refractivity contribution in [3.05, 3.63) is 0 Å². The molecule has 5 nitrogen and oxygen atoms in total. The maximum atomic E-state index is 11.6. The molecule has 0 bridgehead atoms. The fraction of sp³-hybridized carbons (Fsp3) is 0.846. The van der Waals surface area contributed by atoms with E-state index in [1.807, 2.05) is 0 Å². The first-order chi connectivity index (χ1) is 8.45. The monoisotopic (exact) mass is 259 g/mol. The average molecular weight is 259 g/mol. The highest BCUT2D eigenvalue weighted by Crippen LogP contribution is 2.15. The van der Waals surface area contributed by atoms with Gasteiger partial charge in [-0.3, -0.25) is 9.59 Å². The zero-order valence-electron chi connectivity index (χ0n) is 11.8. The first kappa shape index (κ1) is 16.9. The molecule has 0 rings (SSSR count). The number of esters is 1. The van der Waals surface area contributed by atoms with E-state index in [1.54, 1.807) is 7.11 Å². The zero-order valence-corrected chi connectivity index (χ0v) is 11.8. The summed E-state index contributed by atoms with van der Waals surface area (Å²) in [4.78, 5) is 22.5. The van der Waals surface area contributed by atoms with Crippen molar-refractivity contribution in [2.75, 3.05) is 26.9 Å². The third-order valence-corrected chi connectivity index (χ3v) is 2.45. The van der Waals surface area contributed by atoms with Crippen molar-refractivity contribution in [1.29, 1.82) is 0 Å². The molecule has 1 atom stereocenters. The van der Waals surface area contributed by atoms with E-state index in [2.05, 4.69) is 19.2 Å². The second-order valence-corrected chi connectivity index (χ2v) is 4.85. The summed E-state index contributed by atoms with van der Waals surface area (Å²) in [5.74, 6) is 0.305. The van der Waals surface area contributed by atoms with Gasteiger partial charge in [-0.05, 0) is 18.3 Å². The Morgan fingerprint density at radius 1 is 1.22 bits per heavy atom. The summed E-state index contributed by atoms with van der Waals surface area (Å²) in [5, 5.41) is 2.75. The molecular formula is C13H25NO4. The lowest BCUT2D eigenvalue weighted by molar-refractivity contribution is -0.146. The van der Waals surface area contributed by atoms with E-state index >= 15 is 0 Å². The molecule has 0 aliphatic carbocycles. The molecule has 1 amide bonds. The molecule has 5 heteroatoms. The average Bonchev–Trinajstić information content (AvgIpc) is 2.25. The Morgan fingerprint density at radius 3 is 2.39 bits per heavy atom. The summed E-state index contributed by atoms with van der Waals surface area (Å²) in [6, 6.07) is 0. The summed E-state index contributed by atoms with van der Waals surface area (Å²) < 4.78 is 9.83. The molecule has 0 unspecified atom stereocenters. The highest BCUT2D eigenvalue weighted by Gasteiger charge is 2.16. The van der Waals surface area contributed by atoms with Crippen molar-refractivity contribution >= 4 is 11.9 Å². The quantitative estimate of drug-likeness (QED) is 0.501. The van der Waals surface area contributed by atoms with Gasteiger partial charge in [0.25, 0.3) is 0 Å². The van der Waals surface area contributed by atoms with Gasteiger partial charge in [-0.1, -0.05) is 13.8 Å². The van der Waals surface area contributed by atoms with Crippen LogP contribution in [0.4, 0.5) is 0 Å². The SMILES string of the molecule is COCCOC(=O)C[C@@H](CNC(C)=O)CC(C)C. The first-order valence-electron chi connectivity index (χ1n) is 6.34. The predicted molar refractivity (Wildman–Crippen MR) is 69.1 cm³/mol. The zero-order chi connectivity index (χ0) is 14.0. The van der Waals surface area contributed by atoms with E-state index in [1.165, 1.54) is 6.92 Å². The van der Waals surface area contributed by atoms with E-state index in [4.69, 9.17) is 9.47 Å². The van der Waals surface area contributed by atoms with E-state index in [0.29, 0.717) is 25.5 Å². The lowest BCUT2D eigenvalue weighted by atomic mass is 9.94. The van der Waals surface area contributed by atoms with Crippen LogP contribution in [0, 0.1) is 11.8 Å². The van der Waals surface area contributed by atoms with Crippen LogP contribution in [0.15, 0.2) is 0 Å². The minimum Gasteiger partial charge on any atom is -0.463 e. The first-order valence-corrected chi connectivity index (χ1v) is 6.34. The maximum absolute atomic E-state index is 11.6. The van der Waals surface area contributed by atoms with Crippen LogP contribution in [0.5, 0.6) is 0 Å². The summed E-state index contributed by atoms with van der Waals surface area (Å²) in [6.45, 7) is 6.88. The second-order valence-electron chi connectivity index (χ2n) is 4.85. The molecule has 0 aliphatic heterocycles. The van der Waals surface area contributed by atoms with Gasteiger partial charge in [0.05, 0.1) is 13.0 Å². The van der Waals surface area contributed by atoms with Crippen molar-refractivity contribution in [3.8, 4) is 0 Å². The highest BCUT2D eigenvalue weighted by atomic mass is 16.6. The van der Waals surface area contributed by atoms with Crippen molar-refractivity contribution in [2.24, 2.45) is 11.8 Å². The summed E-state index contributed by atoms with van der Waals surface area (Å²) >= 11 is 0. The van der Waals surface area contributed by atoms with Crippen molar-refractivity contribution in [2.45, 2.75) is 33.6 Å². The number of carbonyl (C=O) groups excluding carboxylic acids is 2. The van der Waals surface area contributed by atoms with Crippen LogP contribution >= 0.6 is 0 Å². The molecule has 0 radical (unpaired) electrons. The second kappa shape index (κ2) is 9.88. The molecule has 0 aromatic rings. The number of hydrogen-bond acceptors (Lipinski definition) is 4. The van der Waals surface area contributed by atoms with Crippen molar-refractivity contribution < 1.29 is 19.1 Å². The topological polar surface area (TPSA) is 64.6 Å². The van der Waals surface area contributed by atoms with Crippen LogP contribution in [0.1, 0.15) is 33.6 Å². The minimum atomic E-state index is -0.233. The van der Waals surface area contributed by atoms with E-state index < -0.39 is 0 Å².